The fourth-order valence-corrected chi connectivity index (χ4v) is 7.01. The summed E-state index contributed by atoms with van der Waals surface area (Å²) in [6.07, 6.45) is 3.36. The molecule has 2 saturated heterocycles. The van der Waals surface area contributed by atoms with Crippen LogP contribution in [-0.2, 0) is 25.1 Å². The summed E-state index contributed by atoms with van der Waals surface area (Å²) in [5.41, 5.74) is 0.181. The number of piperazine rings is 1. The van der Waals surface area contributed by atoms with Crippen LogP contribution in [-0.4, -0.2) is 73.6 Å². The Bertz CT molecular complexity index is 1750. The molecule has 3 heterocycles. The van der Waals surface area contributed by atoms with Crippen LogP contribution in [0.2, 0.25) is 0 Å². The van der Waals surface area contributed by atoms with Crippen molar-refractivity contribution in [1.29, 1.82) is 0 Å². The van der Waals surface area contributed by atoms with E-state index in [2.05, 4.69) is 12.0 Å². The van der Waals surface area contributed by atoms with Crippen molar-refractivity contribution in [3.63, 3.8) is 0 Å². The van der Waals surface area contributed by atoms with Gasteiger partial charge in [-0.3, -0.25) is 4.79 Å². The lowest BCUT2D eigenvalue weighted by molar-refractivity contribution is 0.00578. The fourth-order valence-electron chi connectivity index (χ4n) is 5.50. The summed E-state index contributed by atoms with van der Waals surface area (Å²) in [5.74, 6) is -1.81. The number of aromatic nitrogens is 2. The van der Waals surface area contributed by atoms with Crippen molar-refractivity contribution < 1.29 is 31.2 Å². The summed E-state index contributed by atoms with van der Waals surface area (Å²) in [4.78, 5) is 15.4. The molecule has 10 nitrogen and oxygen atoms in total. The van der Waals surface area contributed by atoms with E-state index in [0.717, 1.165) is 41.2 Å². The van der Waals surface area contributed by atoms with Crippen LogP contribution in [0, 0.1) is 17.0 Å². The Hall–Kier alpha value is -3.33. The number of hydrogen-bond acceptors (Lipinski definition) is 8. The summed E-state index contributed by atoms with van der Waals surface area (Å²) in [6.45, 7) is 11.3. The first-order chi connectivity index (χ1) is 21.6. The highest BCUT2D eigenvalue weighted by atomic mass is 32.2. The quantitative estimate of drug-likeness (QED) is 0.322. The zero-order valence-electron chi connectivity index (χ0n) is 26.8. The van der Waals surface area contributed by atoms with Crippen molar-refractivity contribution in [3.8, 4) is 11.4 Å². The first kappa shape index (κ1) is 32.6. The first-order valence-electron chi connectivity index (χ1n) is 15.4. The smallest absolute Gasteiger partial charge is 0.486 e. The summed E-state index contributed by atoms with van der Waals surface area (Å²) in [6, 6.07) is 10.0. The lowest BCUT2D eigenvalue weighted by atomic mass is 9.79. The number of ether oxygens (including phenoxy) is 1. The van der Waals surface area contributed by atoms with E-state index in [1.807, 2.05) is 44.7 Å². The van der Waals surface area contributed by atoms with E-state index >= 15 is 0 Å². The number of nitrogens with zero attached hydrogens (tertiary/aromatic N) is 4. The van der Waals surface area contributed by atoms with Crippen molar-refractivity contribution in [1.82, 2.24) is 14.1 Å². The largest absolute Gasteiger partial charge is 0.494 e. The molecule has 2 aromatic carbocycles. The highest BCUT2D eigenvalue weighted by molar-refractivity contribution is 7.88. The van der Waals surface area contributed by atoms with Gasteiger partial charge in [-0.25, -0.2) is 17.2 Å². The molecule has 2 aliphatic heterocycles. The Morgan fingerprint density at radius 2 is 1.50 bits per heavy atom. The Morgan fingerprint density at radius 3 is 2.07 bits per heavy atom. The summed E-state index contributed by atoms with van der Waals surface area (Å²) < 4.78 is 75.3. The minimum absolute atomic E-state index is 0.0196. The number of rotatable bonds is 9. The fraction of sp³-hybridized carbons (Fsp3) is 0.500. The van der Waals surface area contributed by atoms with Crippen LogP contribution in [0.5, 0.6) is 5.75 Å². The molecule has 3 aromatic rings. The average Bonchev–Trinajstić information content (AvgIpc) is 3.67. The van der Waals surface area contributed by atoms with Crippen molar-refractivity contribution in [2.24, 2.45) is 5.41 Å². The first-order valence-corrected chi connectivity index (χ1v) is 17.1. The SMILES string of the molecule is CC1(COc2c(N3CCN(S(=O)(=O)Cc4ccc(B5OC(C)(C)C(C)(C)O5)cc4)CC3)cnn(-c3cc(F)cc(F)c3)c2=O)CC1. The molecule has 246 valence electrons. The van der Waals surface area contributed by atoms with Gasteiger partial charge in [0.25, 0.3) is 0 Å². The van der Waals surface area contributed by atoms with Gasteiger partial charge in [0.1, 0.15) is 17.3 Å². The van der Waals surface area contributed by atoms with E-state index in [4.69, 9.17) is 14.0 Å². The number of halogens is 2. The van der Waals surface area contributed by atoms with Crippen LogP contribution < -0.4 is 20.7 Å². The van der Waals surface area contributed by atoms with E-state index in [1.165, 1.54) is 10.5 Å². The zero-order chi connectivity index (χ0) is 33.1. The van der Waals surface area contributed by atoms with Crippen LogP contribution in [0.25, 0.3) is 5.69 Å². The van der Waals surface area contributed by atoms with Gasteiger partial charge in [-0.15, -0.1) is 0 Å². The molecule has 3 fully saturated rings. The summed E-state index contributed by atoms with van der Waals surface area (Å²) in [5, 5.41) is 4.20. The van der Waals surface area contributed by atoms with Gasteiger partial charge >= 0.3 is 12.7 Å². The zero-order valence-corrected chi connectivity index (χ0v) is 27.6. The average molecular weight is 657 g/mol. The lowest BCUT2D eigenvalue weighted by Crippen LogP contribution is -2.49. The number of benzene rings is 2. The minimum atomic E-state index is -3.64. The summed E-state index contributed by atoms with van der Waals surface area (Å²) >= 11 is 0. The van der Waals surface area contributed by atoms with Gasteiger partial charge < -0.3 is 18.9 Å². The third-order valence-electron chi connectivity index (χ3n) is 9.50. The molecule has 0 amide bonds. The number of hydrogen-bond donors (Lipinski definition) is 0. The van der Waals surface area contributed by atoms with E-state index in [-0.39, 0.29) is 35.7 Å². The van der Waals surface area contributed by atoms with Crippen LogP contribution in [0.1, 0.15) is 53.0 Å². The van der Waals surface area contributed by atoms with E-state index in [1.54, 1.807) is 12.1 Å². The maximum Gasteiger partial charge on any atom is 0.494 e. The Balaban J connectivity index is 1.15. The molecular formula is C32H39BF2N4O6S. The molecule has 1 aromatic heterocycles. The molecule has 1 aliphatic carbocycles. The second-order valence-electron chi connectivity index (χ2n) is 13.8. The molecule has 46 heavy (non-hydrogen) atoms. The molecule has 0 atom stereocenters. The Morgan fingerprint density at radius 1 is 0.913 bits per heavy atom. The molecule has 3 aliphatic rings. The highest BCUT2D eigenvalue weighted by Crippen LogP contribution is 2.45. The number of sulfonamides is 1. The van der Waals surface area contributed by atoms with E-state index in [9.17, 15) is 22.0 Å². The summed E-state index contributed by atoms with van der Waals surface area (Å²) in [7, 11) is -4.17. The van der Waals surface area contributed by atoms with Gasteiger partial charge in [-0.1, -0.05) is 31.2 Å². The van der Waals surface area contributed by atoms with Gasteiger partial charge in [-0.05, 0) is 63.7 Å². The van der Waals surface area contributed by atoms with Crippen molar-refractivity contribution in [3.05, 3.63) is 76.2 Å². The molecule has 0 bridgehead atoms. The van der Waals surface area contributed by atoms with E-state index in [0.29, 0.717) is 30.9 Å². The maximum atomic E-state index is 13.9. The maximum absolute atomic E-state index is 13.9. The highest BCUT2D eigenvalue weighted by Gasteiger charge is 2.51. The van der Waals surface area contributed by atoms with Crippen molar-refractivity contribution >= 4 is 28.3 Å². The molecule has 0 spiro atoms. The van der Waals surface area contributed by atoms with Crippen molar-refractivity contribution in [2.75, 3.05) is 37.7 Å². The van der Waals surface area contributed by atoms with Gasteiger partial charge in [0.05, 0.1) is 35.4 Å². The number of anilines is 1. The van der Waals surface area contributed by atoms with Crippen LogP contribution in [0.15, 0.2) is 53.5 Å². The minimum Gasteiger partial charge on any atom is -0.486 e. The molecule has 14 heteroatoms. The van der Waals surface area contributed by atoms with E-state index < -0.39 is 45.5 Å². The molecule has 0 unspecified atom stereocenters. The predicted octanol–water partition coefficient (Wildman–Crippen LogP) is 3.64. The van der Waals surface area contributed by atoms with Crippen LogP contribution in [0.3, 0.4) is 0 Å². The molecule has 0 N–H and O–H groups in total. The Kier molecular flexibility index (Phi) is 8.31. The molecule has 6 rings (SSSR count). The van der Waals surface area contributed by atoms with Gasteiger partial charge in [0, 0.05) is 37.7 Å². The van der Waals surface area contributed by atoms with Crippen LogP contribution in [0.4, 0.5) is 14.5 Å². The van der Waals surface area contributed by atoms with Crippen LogP contribution >= 0.6 is 0 Å². The molecule has 0 radical (unpaired) electrons. The second-order valence-corrected chi connectivity index (χ2v) is 15.7. The standard InChI is InChI=1S/C32H39BF2N4O6S/c1-30(2)31(3,4)45-33(44-30)23-8-6-22(7-9-23)20-46(41,42)38-14-12-37(13-15-38)27-19-36-39(26-17-24(34)16-25(35)18-26)29(40)28(27)43-21-32(5)10-11-32/h6-9,16-19H,10-15,20-21H2,1-5H3. The van der Waals surface area contributed by atoms with Gasteiger partial charge in [0.2, 0.25) is 15.8 Å². The van der Waals surface area contributed by atoms with Crippen molar-refractivity contribution in [2.45, 2.75) is 64.4 Å². The van der Waals surface area contributed by atoms with Gasteiger partial charge in [0.15, 0.2) is 0 Å². The molecule has 1 saturated carbocycles. The lowest BCUT2D eigenvalue weighted by Gasteiger charge is -2.35. The Labute approximate surface area is 268 Å². The topological polar surface area (TPSA) is 103 Å². The predicted molar refractivity (Wildman–Crippen MR) is 171 cm³/mol. The van der Waals surface area contributed by atoms with Gasteiger partial charge in [-0.2, -0.15) is 14.1 Å². The third-order valence-corrected chi connectivity index (χ3v) is 11.4. The second kappa shape index (κ2) is 11.7. The normalized spacial score (nSPS) is 20.6. The third kappa shape index (κ3) is 6.58. The molecular weight excluding hydrogens is 617 g/mol. The monoisotopic (exact) mass is 656 g/mol.